The van der Waals surface area contributed by atoms with Gasteiger partial charge < -0.3 is 9.26 Å². The third-order valence-corrected chi connectivity index (χ3v) is 4.56. The zero-order chi connectivity index (χ0) is 16.1. The number of hydrogen-bond donors (Lipinski definition) is 0. The van der Waals surface area contributed by atoms with Crippen LogP contribution in [0.1, 0.15) is 5.89 Å². The number of rotatable bonds is 7. The standard InChI is InChI=1S/C16H16BrN3O2S/c1-20(8-9-21-13-6-4-12(17)5-7-13)11-15-18-16(19-22-15)14-3-2-10-23-14/h2-7,10H,8-9,11H2,1H3. The molecule has 0 radical (unpaired) electrons. The molecule has 120 valence electrons. The summed E-state index contributed by atoms with van der Waals surface area (Å²) in [7, 11) is 2.00. The molecule has 0 saturated carbocycles. The Morgan fingerprint density at radius 2 is 2.09 bits per heavy atom. The van der Waals surface area contributed by atoms with Crippen molar-refractivity contribution in [3.63, 3.8) is 0 Å². The zero-order valence-electron chi connectivity index (χ0n) is 12.6. The summed E-state index contributed by atoms with van der Waals surface area (Å²) in [6, 6.07) is 11.8. The van der Waals surface area contributed by atoms with Gasteiger partial charge in [0.15, 0.2) is 0 Å². The lowest BCUT2D eigenvalue weighted by molar-refractivity contribution is 0.213. The molecule has 0 unspecified atom stereocenters. The van der Waals surface area contributed by atoms with E-state index in [1.807, 2.05) is 48.8 Å². The van der Waals surface area contributed by atoms with Crippen molar-refractivity contribution in [2.24, 2.45) is 0 Å². The highest BCUT2D eigenvalue weighted by Crippen LogP contribution is 2.21. The van der Waals surface area contributed by atoms with Crippen LogP contribution < -0.4 is 4.74 Å². The van der Waals surface area contributed by atoms with Crippen LogP contribution in [0.5, 0.6) is 5.75 Å². The van der Waals surface area contributed by atoms with Gasteiger partial charge in [0.1, 0.15) is 12.4 Å². The average molecular weight is 394 g/mol. The zero-order valence-corrected chi connectivity index (χ0v) is 15.0. The van der Waals surface area contributed by atoms with Crippen molar-refractivity contribution in [2.45, 2.75) is 6.54 Å². The van der Waals surface area contributed by atoms with Gasteiger partial charge in [-0.05, 0) is 42.8 Å². The highest BCUT2D eigenvalue weighted by molar-refractivity contribution is 9.10. The summed E-state index contributed by atoms with van der Waals surface area (Å²) in [5.74, 6) is 2.12. The number of likely N-dealkylation sites (N-methyl/N-ethyl adjacent to an activating group) is 1. The Balaban J connectivity index is 1.46. The highest BCUT2D eigenvalue weighted by Gasteiger charge is 2.11. The number of thiophene rings is 1. The number of hydrogen-bond acceptors (Lipinski definition) is 6. The van der Waals surface area contributed by atoms with Gasteiger partial charge in [0.05, 0.1) is 11.4 Å². The average Bonchev–Trinajstić information content (AvgIpc) is 3.20. The summed E-state index contributed by atoms with van der Waals surface area (Å²) in [5, 5.41) is 6.01. The molecule has 0 bridgehead atoms. The number of ether oxygens (including phenoxy) is 1. The Morgan fingerprint density at radius 1 is 1.26 bits per heavy atom. The number of nitrogens with zero attached hydrogens (tertiary/aromatic N) is 3. The van der Waals surface area contributed by atoms with E-state index in [9.17, 15) is 0 Å². The van der Waals surface area contributed by atoms with Crippen LogP contribution in [0, 0.1) is 0 Å². The minimum Gasteiger partial charge on any atom is -0.492 e. The van der Waals surface area contributed by atoms with E-state index < -0.39 is 0 Å². The normalized spacial score (nSPS) is 11.1. The molecule has 0 aliphatic heterocycles. The SMILES string of the molecule is CN(CCOc1ccc(Br)cc1)Cc1nc(-c2cccs2)no1. The van der Waals surface area contributed by atoms with Gasteiger partial charge in [0.2, 0.25) is 11.7 Å². The van der Waals surface area contributed by atoms with E-state index in [1.165, 1.54) is 0 Å². The van der Waals surface area contributed by atoms with E-state index in [-0.39, 0.29) is 0 Å². The monoisotopic (exact) mass is 393 g/mol. The van der Waals surface area contributed by atoms with Crippen LogP contribution in [-0.2, 0) is 6.54 Å². The van der Waals surface area contributed by atoms with Crippen LogP contribution in [0.4, 0.5) is 0 Å². The second-order valence-electron chi connectivity index (χ2n) is 5.03. The molecule has 0 amide bonds. The smallest absolute Gasteiger partial charge is 0.241 e. The third kappa shape index (κ3) is 4.63. The van der Waals surface area contributed by atoms with Crippen LogP contribution in [0.2, 0.25) is 0 Å². The maximum absolute atomic E-state index is 5.71. The van der Waals surface area contributed by atoms with E-state index in [2.05, 4.69) is 31.0 Å². The maximum atomic E-state index is 5.71. The molecule has 3 rings (SSSR count). The minimum absolute atomic E-state index is 0.599. The lowest BCUT2D eigenvalue weighted by Crippen LogP contribution is -2.24. The third-order valence-electron chi connectivity index (χ3n) is 3.17. The molecule has 5 nitrogen and oxygen atoms in total. The fraction of sp³-hybridized carbons (Fsp3) is 0.250. The van der Waals surface area contributed by atoms with Crippen LogP contribution >= 0.6 is 27.3 Å². The predicted molar refractivity (Wildman–Crippen MR) is 93.6 cm³/mol. The summed E-state index contributed by atoms with van der Waals surface area (Å²) in [6.45, 7) is 1.97. The quantitative estimate of drug-likeness (QED) is 0.605. The van der Waals surface area contributed by atoms with E-state index in [4.69, 9.17) is 9.26 Å². The molecule has 0 saturated heterocycles. The van der Waals surface area contributed by atoms with Crippen molar-refractivity contribution in [2.75, 3.05) is 20.2 Å². The van der Waals surface area contributed by atoms with Gasteiger partial charge in [0.25, 0.3) is 0 Å². The van der Waals surface area contributed by atoms with Crippen LogP contribution in [0.3, 0.4) is 0 Å². The molecule has 23 heavy (non-hydrogen) atoms. The van der Waals surface area contributed by atoms with E-state index >= 15 is 0 Å². The first-order valence-corrected chi connectivity index (χ1v) is 8.81. The van der Waals surface area contributed by atoms with Crippen molar-refractivity contribution in [1.82, 2.24) is 15.0 Å². The second kappa shape index (κ2) is 7.72. The first kappa shape index (κ1) is 16.2. The molecule has 3 aromatic rings. The van der Waals surface area contributed by atoms with Crippen molar-refractivity contribution in [1.29, 1.82) is 0 Å². The Kier molecular flexibility index (Phi) is 5.43. The minimum atomic E-state index is 0.599. The molecular formula is C16H16BrN3O2S. The van der Waals surface area contributed by atoms with Gasteiger partial charge in [-0.1, -0.05) is 27.2 Å². The summed E-state index contributed by atoms with van der Waals surface area (Å²) in [5.41, 5.74) is 0. The van der Waals surface area contributed by atoms with Crippen LogP contribution in [0.15, 0.2) is 50.8 Å². The Bertz CT molecular complexity index is 728. The van der Waals surface area contributed by atoms with Crippen molar-refractivity contribution >= 4 is 27.3 Å². The van der Waals surface area contributed by atoms with Crippen molar-refractivity contribution < 1.29 is 9.26 Å². The molecule has 2 heterocycles. The molecule has 2 aromatic heterocycles. The van der Waals surface area contributed by atoms with Gasteiger partial charge in [0, 0.05) is 11.0 Å². The lowest BCUT2D eigenvalue weighted by Gasteiger charge is -2.14. The van der Waals surface area contributed by atoms with E-state index in [0.717, 1.165) is 21.6 Å². The maximum Gasteiger partial charge on any atom is 0.241 e. The molecule has 7 heteroatoms. The fourth-order valence-corrected chi connectivity index (χ4v) is 2.90. The van der Waals surface area contributed by atoms with Gasteiger partial charge in [-0.15, -0.1) is 11.3 Å². The molecule has 0 N–H and O–H groups in total. The Hall–Kier alpha value is -1.70. The first-order chi connectivity index (χ1) is 11.2. The molecule has 1 aromatic carbocycles. The molecule has 0 atom stereocenters. The summed E-state index contributed by atoms with van der Waals surface area (Å²) < 4.78 is 12.0. The highest BCUT2D eigenvalue weighted by atomic mass is 79.9. The summed E-state index contributed by atoms with van der Waals surface area (Å²) in [6.07, 6.45) is 0. The fourth-order valence-electron chi connectivity index (χ4n) is 1.99. The van der Waals surface area contributed by atoms with Crippen LogP contribution in [0.25, 0.3) is 10.7 Å². The van der Waals surface area contributed by atoms with Crippen LogP contribution in [-0.4, -0.2) is 35.2 Å². The van der Waals surface area contributed by atoms with Gasteiger partial charge in [-0.2, -0.15) is 4.98 Å². The molecule has 0 spiro atoms. The topological polar surface area (TPSA) is 51.4 Å². The Labute approximate surface area is 147 Å². The number of benzene rings is 1. The summed E-state index contributed by atoms with van der Waals surface area (Å²) >= 11 is 5.00. The van der Waals surface area contributed by atoms with Crippen molar-refractivity contribution in [3.8, 4) is 16.5 Å². The van der Waals surface area contributed by atoms with Crippen molar-refractivity contribution in [3.05, 3.63) is 52.1 Å². The second-order valence-corrected chi connectivity index (χ2v) is 6.89. The van der Waals surface area contributed by atoms with Gasteiger partial charge >= 0.3 is 0 Å². The predicted octanol–water partition coefficient (Wildman–Crippen LogP) is 4.07. The first-order valence-electron chi connectivity index (χ1n) is 7.14. The van der Waals surface area contributed by atoms with Gasteiger partial charge in [-0.3, -0.25) is 4.90 Å². The Morgan fingerprint density at radius 3 is 2.83 bits per heavy atom. The van der Waals surface area contributed by atoms with Gasteiger partial charge in [-0.25, -0.2) is 0 Å². The molecule has 0 aliphatic rings. The number of aromatic nitrogens is 2. The summed E-state index contributed by atoms with van der Waals surface area (Å²) in [4.78, 5) is 7.52. The van der Waals surface area contributed by atoms with E-state index in [0.29, 0.717) is 24.9 Å². The molecule has 0 fully saturated rings. The molecule has 0 aliphatic carbocycles. The van der Waals surface area contributed by atoms with E-state index in [1.54, 1.807) is 11.3 Å². The number of halogens is 1. The largest absolute Gasteiger partial charge is 0.492 e. The molecular weight excluding hydrogens is 378 g/mol. The lowest BCUT2D eigenvalue weighted by atomic mass is 10.3.